The Bertz CT molecular complexity index is 536. The molecule has 1 N–H and O–H groups in total. The SMILES string of the molecule is C=C[C@H](NCc1ccco1)[C@@H](CC)CCOCc1ccccc1. The van der Waals surface area contributed by atoms with Gasteiger partial charge < -0.3 is 14.5 Å². The van der Waals surface area contributed by atoms with Gasteiger partial charge >= 0.3 is 0 Å². The average molecular weight is 313 g/mol. The van der Waals surface area contributed by atoms with Gasteiger partial charge in [-0.1, -0.05) is 49.8 Å². The van der Waals surface area contributed by atoms with Crippen LogP contribution in [0.4, 0.5) is 0 Å². The largest absolute Gasteiger partial charge is 0.468 e. The topological polar surface area (TPSA) is 34.4 Å². The second kappa shape index (κ2) is 10.0. The lowest BCUT2D eigenvalue weighted by atomic mass is 9.93. The maximum atomic E-state index is 5.82. The lowest BCUT2D eigenvalue weighted by molar-refractivity contribution is 0.103. The number of ether oxygens (including phenoxy) is 1. The molecule has 2 aromatic rings. The van der Waals surface area contributed by atoms with Crippen molar-refractivity contribution in [3.8, 4) is 0 Å². The zero-order valence-corrected chi connectivity index (χ0v) is 13.9. The molecule has 2 atom stereocenters. The zero-order chi connectivity index (χ0) is 16.3. The highest BCUT2D eigenvalue weighted by atomic mass is 16.5. The summed E-state index contributed by atoms with van der Waals surface area (Å²) in [6, 6.07) is 14.5. The van der Waals surface area contributed by atoms with E-state index >= 15 is 0 Å². The Morgan fingerprint density at radius 3 is 2.70 bits per heavy atom. The Labute approximate surface area is 139 Å². The number of nitrogens with one attached hydrogen (secondary N) is 1. The van der Waals surface area contributed by atoms with Gasteiger partial charge in [0.05, 0.1) is 19.4 Å². The molecule has 3 nitrogen and oxygen atoms in total. The van der Waals surface area contributed by atoms with Gasteiger partial charge in [-0.3, -0.25) is 0 Å². The Morgan fingerprint density at radius 1 is 1.22 bits per heavy atom. The van der Waals surface area contributed by atoms with Crippen molar-refractivity contribution in [3.63, 3.8) is 0 Å². The summed E-state index contributed by atoms with van der Waals surface area (Å²) < 4.78 is 11.2. The molecular weight excluding hydrogens is 286 g/mol. The van der Waals surface area contributed by atoms with Crippen LogP contribution in [0.25, 0.3) is 0 Å². The highest BCUT2D eigenvalue weighted by molar-refractivity contribution is 5.13. The molecule has 1 aromatic heterocycles. The fraction of sp³-hybridized carbons (Fsp3) is 0.400. The minimum atomic E-state index is 0.269. The first-order valence-electron chi connectivity index (χ1n) is 8.33. The molecule has 0 amide bonds. The number of furan rings is 1. The summed E-state index contributed by atoms with van der Waals surface area (Å²) in [6.07, 6.45) is 5.81. The van der Waals surface area contributed by atoms with Crippen molar-refractivity contribution in [2.24, 2.45) is 5.92 Å². The van der Waals surface area contributed by atoms with Gasteiger partial charge in [0.25, 0.3) is 0 Å². The van der Waals surface area contributed by atoms with E-state index in [-0.39, 0.29) is 6.04 Å². The maximum absolute atomic E-state index is 5.82. The van der Waals surface area contributed by atoms with Crippen molar-refractivity contribution in [1.82, 2.24) is 5.32 Å². The van der Waals surface area contributed by atoms with Crippen LogP contribution in [0, 0.1) is 5.92 Å². The summed E-state index contributed by atoms with van der Waals surface area (Å²) in [5.74, 6) is 1.46. The molecule has 0 aliphatic carbocycles. The number of hydrogen-bond donors (Lipinski definition) is 1. The maximum Gasteiger partial charge on any atom is 0.117 e. The molecule has 3 heteroatoms. The van der Waals surface area contributed by atoms with Gasteiger partial charge in [0.1, 0.15) is 5.76 Å². The summed E-state index contributed by atoms with van der Waals surface area (Å²) in [4.78, 5) is 0. The van der Waals surface area contributed by atoms with Crippen LogP contribution < -0.4 is 5.32 Å². The van der Waals surface area contributed by atoms with Crippen molar-refractivity contribution in [2.45, 2.75) is 39.0 Å². The number of benzene rings is 1. The van der Waals surface area contributed by atoms with E-state index in [4.69, 9.17) is 9.15 Å². The third-order valence-corrected chi connectivity index (χ3v) is 4.12. The van der Waals surface area contributed by atoms with Crippen LogP contribution in [-0.4, -0.2) is 12.6 Å². The normalized spacial score (nSPS) is 13.6. The molecule has 1 heterocycles. The van der Waals surface area contributed by atoms with Crippen molar-refractivity contribution >= 4 is 0 Å². The van der Waals surface area contributed by atoms with Gasteiger partial charge in [-0.2, -0.15) is 0 Å². The first kappa shape index (κ1) is 17.5. The third kappa shape index (κ3) is 6.05. The third-order valence-electron chi connectivity index (χ3n) is 4.12. The van der Waals surface area contributed by atoms with Gasteiger partial charge in [-0.05, 0) is 30.0 Å². The summed E-state index contributed by atoms with van der Waals surface area (Å²) in [5, 5.41) is 3.51. The number of hydrogen-bond acceptors (Lipinski definition) is 3. The lowest BCUT2D eigenvalue weighted by Crippen LogP contribution is -2.34. The molecule has 23 heavy (non-hydrogen) atoms. The lowest BCUT2D eigenvalue weighted by Gasteiger charge is -2.24. The first-order chi connectivity index (χ1) is 11.3. The fourth-order valence-corrected chi connectivity index (χ4v) is 2.71. The predicted molar refractivity (Wildman–Crippen MR) is 94.0 cm³/mol. The first-order valence-corrected chi connectivity index (χ1v) is 8.33. The fourth-order valence-electron chi connectivity index (χ4n) is 2.71. The van der Waals surface area contributed by atoms with Crippen molar-refractivity contribution in [1.29, 1.82) is 0 Å². The van der Waals surface area contributed by atoms with Crippen LogP contribution in [-0.2, 0) is 17.9 Å². The molecular formula is C20H27NO2. The van der Waals surface area contributed by atoms with E-state index in [0.717, 1.165) is 31.8 Å². The minimum absolute atomic E-state index is 0.269. The van der Waals surface area contributed by atoms with Gasteiger partial charge in [-0.15, -0.1) is 6.58 Å². The Balaban J connectivity index is 1.72. The standard InChI is InChI=1S/C20H27NO2/c1-3-18(12-14-22-16-17-9-6-5-7-10-17)20(4-2)21-15-19-11-8-13-23-19/h4-11,13,18,20-21H,2-3,12,14-16H2,1H3/t18-,20-/m0/s1. The highest BCUT2D eigenvalue weighted by Crippen LogP contribution is 2.16. The molecule has 124 valence electrons. The molecule has 0 saturated carbocycles. The number of rotatable bonds is 11. The van der Waals surface area contributed by atoms with Crippen LogP contribution in [0.15, 0.2) is 65.8 Å². The van der Waals surface area contributed by atoms with Crippen molar-refractivity contribution < 1.29 is 9.15 Å². The van der Waals surface area contributed by atoms with Gasteiger partial charge in [-0.25, -0.2) is 0 Å². The summed E-state index contributed by atoms with van der Waals surface area (Å²) in [6.45, 7) is 8.35. The Morgan fingerprint density at radius 2 is 2.04 bits per heavy atom. The quantitative estimate of drug-likeness (QED) is 0.488. The van der Waals surface area contributed by atoms with E-state index in [1.54, 1.807) is 6.26 Å². The minimum Gasteiger partial charge on any atom is -0.468 e. The van der Waals surface area contributed by atoms with Crippen molar-refractivity contribution in [2.75, 3.05) is 6.61 Å². The van der Waals surface area contributed by atoms with E-state index in [9.17, 15) is 0 Å². The molecule has 0 spiro atoms. The van der Waals surface area contributed by atoms with Gasteiger partial charge in [0.2, 0.25) is 0 Å². The molecule has 0 aliphatic heterocycles. The summed E-state index contributed by atoms with van der Waals surface area (Å²) in [7, 11) is 0. The van der Waals surface area contributed by atoms with E-state index in [1.165, 1.54) is 5.56 Å². The summed E-state index contributed by atoms with van der Waals surface area (Å²) in [5.41, 5.74) is 1.22. The molecule has 0 bridgehead atoms. The molecule has 0 radical (unpaired) electrons. The molecule has 0 unspecified atom stereocenters. The molecule has 0 aliphatic rings. The van der Waals surface area contributed by atoms with Crippen LogP contribution in [0.3, 0.4) is 0 Å². The van der Waals surface area contributed by atoms with E-state index in [2.05, 4.69) is 31.0 Å². The smallest absolute Gasteiger partial charge is 0.117 e. The Kier molecular flexibility index (Phi) is 7.64. The second-order valence-electron chi connectivity index (χ2n) is 5.72. The van der Waals surface area contributed by atoms with Crippen molar-refractivity contribution in [3.05, 3.63) is 72.7 Å². The van der Waals surface area contributed by atoms with Crippen LogP contribution in [0.2, 0.25) is 0 Å². The highest BCUT2D eigenvalue weighted by Gasteiger charge is 2.16. The van der Waals surface area contributed by atoms with E-state index in [1.807, 2.05) is 36.4 Å². The second-order valence-corrected chi connectivity index (χ2v) is 5.72. The van der Waals surface area contributed by atoms with Gasteiger partial charge in [0, 0.05) is 12.6 Å². The molecule has 0 saturated heterocycles. The van der Waals surface area contributed by atoms with E-state index < -0.39 is 0 Å². The Hall–Kier alpha value is -1.84. The van der Waals surface area contributed by atoms with Crippen LogP contribution in [0.5, 0.6) is 0 Å². The molecule has 1 aromatic carbocycles. The molecule has 0 fully saturated rings. The average Bonchev–Trinajstić information content (AvgIpc) is 3.11. The zero-order valence-electron chi connectivity index (χ0n) is 13.9. The monoisotopic (exact) mass is 313 g/mol. The predicted octanol–water partition coefficient (Wildman–Crippen LogP) is 4.56. The van der Waals surface area contributed by atoms with Gasteiger partial charge in [0.15, 0.2) is 0 Å². The molecule has 2 rings (SSSR count). The van der Waals surface area contributed by atoms with E-state index in [0.29, 0.717) is 12.5 Å². The van der Waals surface area contributed by atoms with Crippen LogP contribution in [0.1, 0.15) is 31.1 Å². The van der Waals surface area contributed by atoms with Crippen LogP contribution >= 0.6 is 0 Å². The summed E-state index contributed by atoms with van der Waals surface area (Å²) >= 11 is 0.